The molecule has 0 saturated heterocycles. The van der Waals surface area contributed by atoms with Gasteiger partial charge >= 0.3 is 137 Å². The van der Waals surface area contributed by atoms with E-state index in [4.69, 9.17) is 50.5 Å². The lowest BCUT2D eigenvalue weighted by Gasteiger charge is -2.29. The van der Waals surface area contributed by atoms with Crippen molar-refractivity contribution in [3.63, 3.8) is 0 Å². The number of ether oxygens (including phenoxy) is 8. The highest BCUT2D eigenvalue weighted by molar-refractivity contribution is 7.82. The predicted octanol–water partition coefficient (Wildman–Crippen LogP) is 23.2. The third kappa shape index (κ3) is 146. The van der Waals surface area contributed by atoms with Gasteiger partial charge in [0.2, 0.25) is 0 Å². The van der Waals surface area contributed by atoms with Gasteiger partial charge in [-0.1, -0.05) is 136 Å². The molecule has 3 unspecified atom stereocenters. The molecule has 0 fully saturated rings. The van der Waals surface area contributed by atoms with Gasteiger partial charge in [-0.3, -0.25) is 4.74 Å². The van der Waals surface area contributed by atoms with E-state index in [0.29, 0.717) is 0 Å². The Bertz CT molecular complexity index is 2590. The minimum atomic E-state index is -6.30. The fraction of sp³-hybridized carbons (Fsp3) is 1.00. The smallest absolute Gasteiger partial charge is 0.312 e. The second kappa shape index (κ2) is 75.0. The van der Waals surface area contributed by atoms with Crippen LogP contribution in [0.3, 0.4) is 0 Å². The van der Waals surface area contributed by atoms with Gasteiger partial charge in [0, 0.05) is 0 Å². The maximum atomic E-state index is 12.4. The van der Waals surface area contributed by atoms with Crippen LogP contribution in [0, 0.1) is 0 Å². The van der Waals surface area contributed by atoms with E-state index >= 15 is 0 Å². The number of rotatable bonds is 29. The Hall–Kier alpha value is -4.40. The summed E-state index contributed by atoms with van der Waals surface area (Å²) in [4.78, 5) is 0. The lowest BCUT2D eigenvalue weighted by Crippen LogP contribution is -2.52. The molecule has 0 rings (SSSR count). The summed E-state index contributed by atoms with van der Waals surface area (Å²) < 4.78 is 730. The van der Waals surface area contributed by atoms with Crippen LogP contribution in [0.25, 0.3) is 0 Å². The van der Waals surface area contributed by atoms with Gasteiger partial charge in [-0.05, 0) is 0 Å². The molecule has 0 aliphatic carbocycles. The van der Waals surface area contributed by atoms with E-state index in [9.17, 15) is 231 Å². The van der Waals surface area contributed by atoms with E-state index in [0.717, 1.165) is 0 Å². The highest BCUT2D eigenvalue weighted by atomic mass is 32.3. The molecular weight excluding hydrogens is 2010 g/mol. The van der Waals surface area contributed by atoms with Crippen LogP contribution in [0.1, 0.15) is 89.1 Å². The zero-order valence-corrected chi connectivity index (χ0v) is 51.8. The molecule has 0 amide bonds. The quantitative estimate of drug-likeness (QED) is 0.0497. The molecule has 119 heavy (non-hydrogen) atoms. The number of alkyl halides is 42. The summed E-state index contributed by atoms with van der Waals surface area (Å²) in [6, 6.07) is 0. The molecule has 0 radical (unpaired) electrons. The molecule has 0 aromatic heterocycles. The molecule has 0 N–H and O–H groups in total. The molecule has 0 aliphatic heterocycles. The molecular formula is C39H72F54O20S6. The second-order valence-corrected chi connectivity index (χ2v) is 18.1. The highest BCUT2D eigenvalue weighted by Crippen LogP contribution is 2.45. The van der Waals surface area contributed by atoms with Gasteiger partial charge in [-0.15, -0.1) is 0 Å². The van der Waals surface area contributed by atoms with Crippen LogP contribution in [0.4, 0.5) is 231 Å². The first-order valence-electron chi connectivity index (χ1n) is 20.5. The average Bonchev–Trinajstić information content (AvgIpc) is 0.801. The van der Waals surface area contributed by atoms with Crippen molar-refractivity contribution in [2.75, 3.05) is 60.6 Å². The van der Waals surface area contributed by atoms with Crippen molar-refractivity contribution in [2.45, 2.75) is 200 Å². The SMILES string of the molecule is C.C.C.C.C.C.C.C.C.C.C.C.FCC(F)(F)OC(F)(F)C(F)(F)CF.FCC(F)(F)OC(F)(F)C(F)(F)OC(F)(F)CF.FCC(F)(F)OC(F)(F)C(F)(F)OC(F)(F)CF.FCOC(F)(F)C(F)C(F)F.FCOC(F)C(F)F.FCOC(F)C(F)F.O=S(=O)(F)F.O=S(=O)(F)F.O=S(=O)(F)F.O=S(=O)(F)F.O=S(=O)(F)F.O=S(=O)(F)F. The molecule has 0 aromatic rings. The molecule has 20 nitrogen and oxygen atoms in total. The van der Waals surface area contributed by atoms with E-state index < -0.39 is 236 Å². The lowest BCUT2D eigenvalue weighted by atomic mass is 10.3. The van der Waals surface area contributed by atoms with Gasteiger partial charge in [-0.25, -0.2) is 103 Å². The average molecular weight is 2080 g/mol. The van der Waals surface area contributed by atoms with Crippen molar-refractivity contribution in [1.82, 2.24) is 0 Å². The summed E-state index contributed by atoms with van der Waals surface area (Å²) in [5, 5.41) is 0. The van der Waals surface area contributed by atoms with Crippen molar-refractivity contribution >= 4 is 63.7 Å². The Balaban J connectivity index is -0.0000000384. The lowest BCUT2D eigenvalue weighted by molar-refractivity contribution is -0.513. The summed E-state index contributed by atoms with van der Waals surface area (Å²) in [6.07, 6.45) is -82.1. The maximum absolute atomic E-state index is 12.4. The van der Waals surface area contributed by atoms with Gasteiger partial charge in [0.05, 0.1) is 0 Å². The third-order valence-corrected chi connectivity index (χ3v) is 5.07. The van der Waals surface area contributed by atoms with Crippen LogP contribution < -0.4 is 0 Å². The Morgan fingerprint density at radius 1 is 0.218 bits per heavy atom. The fourth-order valence-electron chi connectivity index (χ4n) is 2.03. The monoisotopic (exact) mass is 2080 g/mol. The zero-order valence-electron chi connectivity index (χ0n) is 46.9. The largest absolute Gasteiger partial charge is 0.476 e. The molecule has 0 aliphatic rings. The van der Waals surface area contributed by atoms with Crippen LogP contribution in [-0.2, 0) is 102 Å². The molecule has 3 atom stereocenters. The van der Waals surface area contributed by atoms with E-state index in [2.05, 4.69) is 37.9 Å². The molecule has 0 aromatic carbocycles. The van der Waals surface area contributed by atoms with Crippen LogP contribution >= 0.6 is 0 Å². The van der Waals surface area contributed by atoms with E-state index in [1.807, 2.05) is 0 Å². The molecule has 80 heteroatoms. The molecule has 0 spiro atoms. The first-order chi connectivity index (χ1) is 45.9. The van der Waals surface area contributed by atoms with Crippen LogP contribution in [-0.4, -0.2) is 222 Å². The summed E-state index contributed by atoms with van der Waals surface area (Å²) in [5.41, 5.74) is 0. The van der Waals surface area contributed by atoms with Gasteiger partial charge in [0.25, 0.3) is 38.2 Å². The summed E-state index contributed by atoms with van der Waals surface area (Å²) in [7, 11) is -34.0. The maximum Gasteiger partial charge on any atom is 0.476 e. The summed E-state index contributed by atoms with van der Waals surface area (Å²) in [5.74, 6) is -5.42. The Morgan fingerprint density at radius 3 is 0.437 bits per heavy atom. The third-order valence-electron chi connectivity index (χ3n) is 5.07. The second-order valence-electron chi connectivity index (χ2n) is 13.5. The molecule has 0 heterocycles. The highest BCUT2D eigenvalue weighted by Gasteiger charge is 2.69. The van der Waals surface area contributed by atoms with Gasteiger partial charge < -0.3 is 9.47 Å². The first kappa shape index (κ1) is 180. The summed E-state index contributed by atoms with van der Waals surface area (Å²) in [6.45, 7) is -22.4. The van der Waals surface area contributed by atoms with Crippen molar-refractivity contribution in [3.05, 3.63) is 0 Å². The first-order valence-corrected chi connectivity index (χ1v) is 28.2. The van der Waals surface area contributed by atoms with Gasteiger partial charge in [0.15, 0.2) is 60.6 Å². The minimum absolute atomic E-state index is 0. The minimum Gasteiger partial charge on any atom is -0.312 e. The Labute approximate surface area is 643 Å². The number of hydrogen-bond acceptors (Lipinski definition) is 20. The predicted molar refractivity (Wildman–Crippen MR) is 302 cm³/mol. The molecule has 0 saturated carbocycles. The van der Waals surface area contributed by atoms with Crippen LogP contribution in [0.5, 0.6) is 0 Å². The fourth-order valence-corrected chi connectivity index (χ4v) is 2.03. The van der Waals surface area contributed by atoms with Crippen molar-refractivity contribution in [3.8, 4) is 0 Å². The van der Waals surface area contributed by atoms with E-state index in [1.165, 1.54) is 0 Å². The standard InChI is InChI=1S/2C6H4F10O2.C5H4F8O.C4H4F6O.2C3H4F4O.12CH4.6F2O2S/c2*7-1-3(9,10)17-5(13,14)6(15,16)18-4(11,12)2-8;6-1-3(8,9)5(12,13)14-4(10,11)2-7;5-1-11-4(9,10)2(6)3(7)8;2*4-1-8-3(7)2(5)6;;;;;;;;;;;;;6*1-5(2,3)4/h2*1-2H2;1-2H2;2-3H,1H2;2*2-3H,1H2;12*1H4;;;;;;. The Kier molecular flexibility index (Phi) is 114. The zero-order chi connectivity index (χ0) is 90.5. The van der Waals surface area contributed by atoms with Crippen molar-refractivity contribution in [2.24, 2.45) is 0 Å². The van der Waals surface area contributed by atoms with Crippen molar-refractivity contribution < 1.29 is 319 Å². The van der Waals surface area contributed by atoms with Gasteiger partial charge in [-0.2, -0.15) is 156 Å². The Morgan fingerprint density at radius 2 is 0.353 bits per heavy atom. The van der Waals surface area contributed by atoms with Crippen LogP contribution in [0.2, 0.25) is 0 Å². The number of hydrogen-bond donors (Lipinski definition) is 0. The number of halogens is 54. The molecule has 0 bridgehead atoms. The summed E-state index contributed by atoms with van der Waals surface area (Å²) >= 11 is 0. The topological polar surface area (TPSA) is 279 Å². The van der Waals surface area contributed by atoms with E-state index in [-0.39, 0.29) is 89.1 Å². The van der Waals surface area contributed by atoms with E-state index in [1.54, 1.807) is 0 Å². The van der Waals surface area contributed by atoms with Crippen molar-refractivity contribution in [1.29, 1.82) is 0 Å². The van der Waals surface area contributed by atoms with Gasteiger partial charge in [0.1, 0.15) is 0 Å². The normalized spacial score (nSPS) is 12.6. The van der Waals surface area contributed by atoms with Crippen LogP contribution in [0.15, 0.2) is 0 Å². The molecule has 762 valence electrons.